The number of nitrogens with zero attached hydrogens (tertiary/aromatic N) is 4. The molecule has 0 radical (unpaired) electrons. The van der Waals surface area contributed by atoms with Crippen molar-refractivity contribution in [2.45, 2.75) is 26.8 Å². The molecule has 2 aromatic heterocycles. The third-order valence-electron chi connectivity index (χ3n) is 2.15. The van der Waals surface area contributed by atoms with Crippen LogP contribution in [0.15, 0.2) is 15.1 Å². The molecule has 2 heterocycles. The van der Waals surface area contributed by atoms with Crippen LogP contribution in [-0.2, 0) is 0 Å². The zero-order valence-corrected chi connectivity index (χ0v) is 10.3. The molecule has 80 valence electrons. The first-order chi connectivity index (χ1) is 7.08. The predicted octanol–water partition coefficient (Wildman–Crippen LogP) is 2.25. The lowest BCUT2D eigenvalue weighted by atomic mass is 10.3. The molecule has 0 N–H and O–H groups in total. The quantitative estimate of drug-likeness (QED) is 0.840. The van der Waals surface area contributed by atoms with Crippen molar-refractivity contribution in [1.29, 1.82) is 0 Å². The van der Waals surface area contributed by atoms with E-state index in [4.69, 9.17) is 4.42 Å². The minimum Gasteiger partial charge on any atom is -0.423 e. The molecule has 0 spiro atoms. The molecule has 0 saturated carbocycles. The second-order valence-corrected chi connectivity index (χ2v) is 4.23. The van der Waals surface area contributed by atoms with E-state index in [-0.39, 0.29) is 6.04 Å². The van der Waals surface area contributed by atoms with E-state index in [1.54, 1.807) is 11.6 Å². The summed E-state index contributed by atoms with van der Waals surface area (Å²) in [5, 5.41) is 12.1. The molecule has 0 aromatic carbocycles. The van der Waals surface area contributed by atoms with E-state index in [1.807, 2.05) is 20.0 Å². The van der Waals surface area contributed by atoms with Crippen LogP contribution >= 0.6 is 15.9 Å². The molecule has 1 atom stereocenters. The summed E-state index contributed by atoms with van der Waals surface area (Å²) in [5.41, 5.74) is 0.943. The first kappa shape index (κ1) is 10.4. The average molecular weight is 271 g/mol. The van der Waals surface area contributed by atoms with Gasteiger partial charge >= 0.3 is 0 Å². The highest BCUT2D eigenvalue weighted by Crippen LogP contribution is 2.20. The molecule has 6 heteroatoms. The fourth-order valence-corrected chi connectivity index (χ4v) is 1.54. The SMILES string of the molecule is Cc1nnc(C(C)n2cc(Br)c(C)n2)o1. The van der Waals surface area contributed by atoms with E-state index in [0.29, 0.717) is 11.8 Å². The molecule has 0 saturated heterocycles. The summed E-state index contributed by atoms with van der Waals surface area (Å²) in [4.78, 5) is 0. The minimum atomic E-state index is -0.0452. The van der Waals surface area contributed by atoms with Gasteiger partial charge < -0.3 is 4.42 Å². The summed E-state index contributed by atoms with van der Waals surface area (Å²) >= 11 is 3.41. The molecular formula is C9H11BrN4O. The third kappa shape index (κ3) is 1.94. The van der Waals surface area contributed by atoms with E-state index >= 15 is 0 Å². The van der Waals surface area contributed by atoms with Crippen LogP contribution < -0.4 is 0 Å². The topological polar surface area (TPSA) is 56.7 Å². The minimum absolute atomic E-state index is 0.0452. The summed E-state index contributed by atoms with van der Waals surface area (Å²) in [6.07, 6.45) is 1.90. The van der Waals surface area contributed by atoms with E-state index in [1.165, 1.54) is 0 Å². The maximum atomic E-state index is 5.35. The van der Waals surface area contributed by atoms with E-state index in [2.05, 4.69) is 31.2 Å². The highest BCUT2D eigenvalue weighted by molar-refractivity contribution is 9.10. The Morgan fingerprint density at radius 3 is 2.60 bits per heavy atom. The summed E-state index contributed by atoms with van der Waals surface area (Å²) in [6.45, 7) is 5.67. The fraction of sp³-hybridized carbons (Fsp3) is 0.444. The lowest BCUT2D eigenvalue weighted by Gasteiger charge is -2.06. The standard InChI is InChI=1S/C9H11BrN4O/c1-5-8(10)4-14(13-5)6(2)9-12-11-7(3)15-9/h4,6H,1-3H3. The number of aryl methyl sites for hydroxylation is 2. The Balaban J connectivity index is 2.31. The van der Waals surface area contributed by atoms with Gasteiger partial charge in [0.1, 0.15) is 6.04 Å². The van der Waals surface area contributed by atoms with Crippen molar-refractivity contribution in [3.63, 3.8) is 0 Å². The molecule has 0 amide bonds. The average Bonchev–Trinajstić information content (AvgIpc) is 2.74. The zero-order chi connectivity index (χ0) is 11.0. The van der Waals surface area contributed by atoms with Gasteiger partial charge in [-0.3, -0.25) is 4.68 Å². The lowest BCUT2D eigenvalue weighted by Crippen LogP contribution is -2.07. The fourth-order valence-electron chi connectivity index (χ4n) is 1.25. The largest absolute Gasteiger partial charge is 0.423 e. The first-order valence-electron chi connectivity index (χ1n) is 4.59. The van der Waals surface area contributed by atoms with Gasteiger partial charge in [-0.25, -0.2) is 0 Å². The van der Waals surface area contributed by atoms with Gasteiger partial charge in [0.25, 0.3) is 0 Å². The lowest BCUT2D eigenvalue weighted by molar-refractivity contribution is 0.396. The second-order valence-electron chi connectivity index (χ2n) is 3.38. The normalized spacial score (nSPS) is 13.1. The molecule has 2 aromatic rings. The number of halogens is 1. The Bertz CT molecular complexity index is 457. The molecule has 0 fully saturated rings. The van der Waals surface area contributed by atoms with Crippen molar-refractivity contribution in [2.24, 2.45) is 0 Å². The zero-order valence-electron chi connectivity index (χ0n) is 8.73. The molecule has 5 nitrogen and oxygen atoms in total. The van der Waals surface area contributed by atoms with E-state index in [9.17, 15) is 0 Å². The summed E-state index contributed by atoms with van der Waals surface area (Å²) < 4.78 is 8.13. The third-order valence-corrected chi connectivity index (χ3v) is 2.93. The Hall–Kier alpha value is -1.17. The Morgan fingerprint density at radius 1 is 1.40 bits per heavy atom. The number of aromatic nitrogens is 4. The van der Waals surface area contributed by atoms with Gasteiger partial charge in [0.15, 0.2) is 0 Å². The molecular weight excluding hydrogens is 260 g/mol. The Morgan fingerprint density at radius 2 is 2.13 bits per heavy atom. The van der Waals surface area contributed by atoms with Gasteiger partial charge in [-0.05, 0) is 29.8 Å². The van der Waals surface area contributed by atoms with Crippen molar-refractivity contribution < 1.29 is 4.42 Å². The van der Waals surface area contributed by atoms with Crippen molar-refractivity contribution in [3.8, 4) is 0 Å². The van der Waals surface area contributed by atoms with Gasteiger partial charge in [0, 0.05) is 13.1 Å². The van der Waals surface area contributed by atoms with Crippen molar-refractivity contribution in [1.82, 2.24) is 20.0 Å². The highest BCUT2D eigenvalue weighted by atomic mass is 79.9. The maximum Gasteiger partial charge on any atom is 0.240 e. The summed E-state index contributed by atoms with van der Waals surface area (Å²) in [6, 6.07) is -0.0452. The molecule has 0 aliphatic carbocycles. The Labute approximate surface area is 95.6 Å². The monoisotopic (exact) mass is 270 g/mol. The van der Waals surface area contributed by atoms with Crippen LogP contribution in [0.3, 0.4) is 0 Å². The molecule has 0 aliphatic heterocycles. The van der Waals surface area contributed by atoms with Crippen molar-refractivity contribution in [2.75, 3.05) is 0 Å². The molecule has 0 bridgehead atoms. The van der Waals surface area contributed by atoms with E-state index < -0.39 is 0 Å². The molecule has 1 unspecified atom stereocenters. The van der Waals surface area contributed by atoms with Crippen molar-refractivity contribution >= 4 is 15.9 Å². The van der Waals surface area contributed by atoms with Crippen LogP contribution in [0.1, 0.15) is 30.4 Å². The first-order valence-corrected chi connectivity index (χ1v) is 5.38. The number of hydrogen-bond donors (Lipinski definition) is 0. The van der Waals surface area contributed by atoms with Crippen LogP contribution in [0.25, 0.3) is 0 Å². The molecule has 2 rings (SSSR count). The second kappa shape index (κ2) is 3.77. The van der Waals surface area contributed by atoms with Crippen LogP contribution in [0.2, 0.25) is 0 Å². The summed E-state index contributed by atoms with van der Waals surface area (Å²) in [5.74, 6) is 1.14. The molecule has 0 aliphatic rings. The van der Waals surface area contributed by atoms with Gasteiger partial charge in [-0.2, -0.15) is 5.10 Å². The van der Waals surface area contributed by atoms with Gasteiger partial charge in [-0.15, -0.1) is 10.2 Å². The van der Waals surface area contributed by atoms with Crippen LogP contribution in [0.5, 0.6) is 0 Å². The van der Waals surface area contributed by atoms with Gasteiger partial charge in [0.2, 0.25) is 11.8 Å². The van der Waals surface area contributed by atoms with Crippen LogP contribution in [0.4, 0.5) is 0 Å². The van der Waals surface area contributed by atoms with Crippen LogP contribution in [0, 0.1) is 13.8 Å². The summed E-state index contributed by atoms with van der Waals surface area (Å²) in [7, 11) is 0. The predicted molar refractivity (Wildman–Crippen MR) is 57.5 cm³/mol. The highest BCUT2D eigenvalue weighted by Gasteiger charge is 2.16. The number of hydrogen-bond acceptors (Lipinski definition) is 4. The maximum absolute atomic E-state index is 5.35. The Kier molecular flexibility index (Phi) is 2.60. The van der Waals surface area contributed by atoms with E-state index in [0.717, 1.165) is 10.2 Å². The molecule has 15 heavy (non-hydrogen) atoms. The van der Waals surface area contributed by atoms with Crippen LogP contribution in [-0.4, -0.2) is 20.0 Å². The number of rotatable bonds is 2. The van der Waals surface area contributed by atoms with Gasteiger partial charge in [0.05, 0.1) is 10.2 Å². The smallest absolute Gasteiger partial charge is 0.240 e. The van der Waals surface area contributed by atoms with Gasteiger partial charge in [-0.1, -0.05) is 0 Å². The van der Waals surface area contributed by atoms with Crippen molar-refractivity contribution in [3.05, 3.63) is 28.1 Å².